The summed E-state index contributed by atoms with van der Waals surface area (Å²) in [5.74, 6) is 0.784. The lowest BCUT2D eigenvalue weighted by atomic mass is 9.96. The largest absolute Gasteiger partial charge is 0.385 e. The third kappa shape index (κ3) is 5.42. The van der Waals surface area contributed by atoms with E-state index in [1.54, 1.807) is 19.2 Å². The summed E-state index contributed by atoms with van der Waals surface area (Å²) in [5.41, 5.74) is 1.15. The summed E-state index contributed by atoms with van der Waals surface area (Å²) < 4.78 is 24.6. The van der Waals surface area contributed by atoms with Crippen molar-refractivity contribution in [3.8, 4) is 0 Å². The van der Waals surface area contributed by atoms with Gasteiger partial charge in [-0.05, 0) is 49.8 Å². The third-order valence-electron chi connectivity index (χ3n) is 5.68. The minimum Gasteiger partial charge on any atom is -0.385 e. The molecular formula is C21H32FN3O2. The zero-order chi connectivity index (χ0) is 19.1. The van der Waals surface area contributed by atoms with Crippen LogP contribution >= 0.6 is 0 Å². The molecule has 0 aromatic heterocycles. The molecule has 1 saturated heterocycles. The normalized spacial score (nSPS) is 20.0. The number of methoxy groups -OCH3 is 1. The fourth-order valence-electron chi connectivity index (χ4n) is 3.80. The molecule has 0 bridgehead atoms. The van der Waals surface area contributed by atoms with Gasteiger partial charge >= 0.3 is 0 Å². The molecule has 2 aliphatic rings. The number of piperidine rings is 1. The van der Waals surface area contributed by atoms with E-state index in [-0.39, 0.29) is 11.2 Å². The van der Waals surface area contributed by atoms with Crippen LogP contribution < -0.4 is 5.32 Å². The Labute approximate surface area is 161 Å². The minimum absolute atomic E-state index is 0.0564. The lowest BCUT2D eigenvalue weighted by molar-refractivity contribution is 0.00989. The Morgan fingerprint density at radius 3 is 2.70 bits per heavy atom. The van der Waals surface area contributed by atoms with E-state index >= 15 is 0 Å². The number of ether oxygens (including phenoxy) is 2. The summed E-state index contributed by atoms with van der Waals surface area (Å²) in [7, 11) is 3.55. The molecule has 1 N–H and O–H groups in total. The van der Waals surface area contributed by atoms with Gasteiger partial charge in [-0.15, -0.1) is 0 Å². The SMILES string of the molecule is CN=C(NCC1(c2cccc(F)c2)CC1)N1CCC(OCCCOC)CC1. The second-order valence-corrected chi connectivity index (χ2v) is 7.59. The molecule has 1 heterocycles. The van der Waals surface area contributed by atoms with Crippen molar-refractivity contribution in [2.75, 3.05) is 47.0 Å². The third-order valence-corrected chi connectivity index (χ3v) is 5.68. The van der Waals surface area contributed by atoms with Gasteiger partial charge in [0.15, 0.2) is 5.96 Å². The van der Waals surface area contributed by atoms with Crippen molar-refractivity contribution in [2.24, 2.45) is 4.99 Å². The van der Waals surface area contributed by atoms with Crippen LogP contribution in [0.25, 0.3) is 0 Å². The lowest BCUT2D eigenvalue weighted by Gasteiger charge is -2.34. The second kappa shape index (κ2) is 9.51. The molecule has 1 aliphatic heterocycles. The molecule has 0 spiro atoms. The molecule has 0 radical (unpaired) electrons. The Morgan fingerprint density at radius 2 is 2.07 bits per heavy atom. The summed E-state index contributed by atoms with van der Waals surface area (Å²) in [4.78, 5) is 6.77. The van der Waals surface area contributed by atoms with E-state index in [2.05, 4.69) is 15.2 Å². The van der Waals surface area contributed by atoms with Gasteiger partial charge in [0.25, 0.3) is 0 Å². The molecule has 27 heavy (non-hydrogen) atoms. The van der Waals surface area contributed by atoms with Crippen molar-refractivity contribution < 1.29 is 13.9 Å². The predicted octanol–water partition coefficient (Wildman–Crippen LogP) is 2.95. The Hall–Kier alpha value is -1.66. The van der Waals surface area contributed by atoms with Gasteiger partial charge in [-0.3, -0.25) is 4.99 Å². The number of benzene rings is 1. The fourth-order valence-corrected chi connectivity index (χ4v) is 3.80. The number of hydrogen-bond donors (Lipinski definition) is 1. The lowest BCUT2D eigenvalue weighted by Crippen LogP contribution is -2.48. The summed E-state index contributed by atoms with van der Waals surface area (Å²) in [6.07, 6.45) is 5.50. The monoisotopic (exact) mass is 377 g/mol. The molecule has 1 aromatic carbocycles. The molecule has 0 unspecified atom stereocenters. The van der Waals surface area contributed by atoms with Crippen LogP contribution in [0, 0.1) is 5.82 Å². The van der Waals surface area contributed by atoms with Crippen LogP contribution in [0.1, 0.15) is 37.7 Å². The number of rotatable bonds is 8. The summed E-state index contributed by atoms with van der Waals surface area (Å²) in [6, 6.07) is 7.02. The van der Waals surface area contributed by atoms with E-state index in [1.807, 2.05) is 13.1 Å². The Bertz CT molecular complexity index is 626. The van der Waals surface area contributed by atoms with Crippen molar-refractivity contribution in [3.05, 3.63) is 35.6 Å². The number of nitrogens with one attached hydrogen (secondary N) is 1. The molecule has 2 fully saturated rings. The number of aliphatic imine (C=N–C) groups is 1. The fraction of sp³-hybridized carbons (Fsp3) is 0.667. The zero-order valence-corrected chi connectivity index (χ0v) is 16.5. The number of nitrogens with zero attached hydrogens (tertiary/aromatic N) is 2. The maximum Gasteiger partial charge on any atom is 0.193 e. The molecule has 6 heteroatoms. The molecular weight excluding hydrogens is 345 g/mol. The van der Waals surface area contributed by atoms with Gasteiger partial charge in [0.05, 0.1) is 6.10 Å². The van der Waals surface area contributed by atoms with E-state index in [4.69, 9.17) is 9.47 Å². The topological polar surface area (TPSA) is 46.1 Å². The zero-order valence-electron chi connectivity index (χ0n) is 16.5. The van der Waals surface area contributed by atoms with E-state index in [0.717, 1.165) is 76.5 Å². The van der Waals surface area contributed by atoms with Crippen LogP contribution in [0.4, 0.5) is 4.39 Å². The minimum atomic E-state index is -0.157. The summed E-state index contributed by atoms with van der Waals surface area (Å²) in [6.45, 7) is 4.21. The van der Waals surface area contributed by atoms with Crippen molar-refractivity contribution in [1.82, 2.24) is 10.2 Å². The molecule has 1 aliphatic carbocycles. The van der Waals surface area contributed by atoms with Crippen LogP contribution in [-0.2, 0) is 14.9 Å². The first-order valence-electron chi connectivity index (χ1n) is 9.99. The van der Waals surface area contributed by atoms with Crippen LogP contribution in [0.15, 0.2) is 29.3 Å². The number of hydrogen-bond acceptors (Lipinski definition) is 3. The van der Waals surface area contributed by atoms with Gasteiger partial charge in [0.2, 0.25) is 0 Å². The van der Waals surface area contributed by atoms with Gasteiger partial charge in [0.1, 0.15) is 5.82 Å². The molecule has 1 aromatic rings. The van der Waals surface area contributed by atoms with Crippen molar-refractivity contribution in [3.63, 3.8) is 0 Å². The van der Waals surface area contributed by atoms with Crippen molar-refractivity contribution >= 4 is 5.96 Å². The molecule has 0 atom stereocenters. The first-order valence-corrected chi connectivity index (χ1v) is 9.99. The predicted molar refractivity (Wildman–Crippen MR) is 106 cm³/mol. The Morgan fingerprint density at radius 1 is 1.30 bits per heavy atom. The van der Waals surface area contributed by atoms with Crippen molar-refractivity contribution in [1.29, 1.82) is 0 Å². The standard InChI is InChI=1S/C21H32FN3O2/c1-23-20(25-11-7-19(8-12-25)27-14-4-13-26-2)24-16-21(9-10-21)17-5-3-6-18(22)15-17/h3,5-6,15,19H,4,7-14,16H2,1-2H3,(H,23,24). The summed E-state index contributed by atoms with van der Waals surface area (Å²) >= 11 is 0. The van der Waals surface area contributed by atoms with E-state index < -0.39 is 0 Å². The van der Waals surface area contributed by atoms with Crippen LogP contribution in [0.2, 0.25) is 0 Å². The summed E-state index contributed by atoms with van der Waals surface area (Å²) in [5, 5.41) is 3.53. The van der Waals surface area contributed by atoms with Gasteiger partial charge < -0.3 is 19.7 Å². The van der Waals surface area contributed by atoms with Gasteiger partial charge in [-0.2, -0.15) is 0 Å². The first kappa shape index (κ1) is 20.1. The number of likely N-dealkylation sites (tertiary alicyclic amines) is 1. The van der Waals surface area contributed by atoms with Crippen LogP contribution in [0.3, 0.4) is 0 Å². The average Bonchev–Trinajstić information content (AvgIpc) is 3.48. The van der Waals surface area contributed by atoms with Gasteiger partial charge in [0, 0.05) is 52.4 Å². The van der Waals surface area contributed by atoms with E-state index in [1.165, 1.54) is 6.07 Å². The molecule has 0 amide bonds. The first-order chi connectivity index (χ1) is 13.2. The highest BCUT2D eigenvalue weighted by Gasteiger charge is 2.44. The maximum absolute atomic E-state index is 13.6. The Balaban J connectivity index is 1.45. The van der Waals surface area contributed by atoms with Crippen LogP contribution in [0.5, 0.6) is 0 Å². The average molecular weight is 378 g/mol. The highest BCUT2D eigenvalue weighted by Crippen LogP contribution is 2.47. The van der Waals surface area contributed by atoms with E-state index in [0.29, 0.717) is 6.10 Å². The number of guanidine groups is 1. The molecule has 1 saturated carbocycles. The Kier molecular flexibility index (Phi) is 7.07. The quantitative estimate of drug-likeness (QED) is 0.430. The molecule has 150 valence electrons. The highest BCUT2D eigenvalue weighted by atomic mass is 19.1. The highest BCUT2D eigenvalue weighted by molar-refractivity contribution is 5.80. The van der Waals surface area contributed by atoms with E-state index in [9.17, 15) is 4.39 Å². The molecule has 3 rings (SSSR count). The van der Waals surface area contributed by atoms with Gasteiger partial charge in [-0.1, -0.05) is 12.1 Å². The van der Waals surface area contributed by atoms with Crippen LogP contribution in [-0.4, -0.2) is 64.0 Å². The molecule has 5 nitrogen and oxygen atoms in total. The maximum atomic E-state index is 13.6. The van der Waals surface area contributed by atoms with Gasteiger partial charge in [-0.25, -0.2) is 4.39 Å². The second-order valence-electron chi connectivity index (χ2n) is 7.59. The van der Waals surface area contributed by atoms with Crippen molar-refractivity contribution in [2.45, 2.75) is 43.6 Å². The number of halogens is 1. The smallest absolute Gasteiger partial charge is 0.193 e.